The summed E-state index contributed by atoms with van der Waals surface area (Å²) in [5, 5.41) is 12.2. The molecule has 5 heteroatoms. The second-order valence-corrected chi connectivity index (χ2v) is 9.14. The van der Waals surface area contributed by atoms with Crippen molar-refractivity contribution >= 4 is 39.6 Å². The molecule has 35 heavy (non-hydrogen) atoms. The number of para-hydroxylation sites is 3. The Balaban J connectivity index is 1.62. The number of aryl methyl sites for hydroxylation is 1. The van der Waals surface area contributed by atoms with Crippen molar-refractivity contribution in [1.82, 2.24) is 0 Å². The number of hydrogen-bond acceptors (Lipinski definition) is 5. The summed E-state index contributed by atoms with van der Waals surface area (Å²) in [6.07, 6.45) is 2.13. The van der Waals surface area contributed by atoms with E-state index >= 15 is 0 Å². The minimum absolute atomic E-state index is 0.872. The molecule has 1 N–H and O–H groups in total. The molecular formula is C30H26N4S. The Morgan fingerprint density at radius 2 is 1.49 bits per heavy atom. The summed E-state index contributed by atoms with van der Waals surface area (Å²) in [6.45, 7) is 2.10. The third-order valence-electron chi connectivity index (χ3n) is 5.64. The lowest BCUT2D eigenvalue weighted by atomic mass is 10.1. The Bertz CT molecular complexity index is 1390. The van der Waals surface area contributed by atoms with Crippen molar-refractivity contribution in [2.75, 3.05) is 17.4 Å². The van der Waals surface area contributed by atoms with Gasteiger partial charge in [-0.3, -0.25) is 0 Å². The molecule has 0 spiro atoms. The van der Waals surface area contributed by atoms with Crippen LogP contribution in [0.25, 0.3) is 0 Å². The highest BCUT2D eigenvalue weighted by atomic mass is 32.2. The average molecular weight is 475 g/mol. The highest BCUT2D eigenvalue weighted by Gasteiger charge is 2.25. The maximum atomic E-state index is 5.09. The van der Waals surface area contributed by atoms with Crippen molar-refractivity contribution in [3.05, 3.63) is 137 Å². The first-order chi connectivity index (χ1) is 17.2. The quantitative estimate of drug-likeness (QED) is 0.292. The van der Waals surface area contributed by atoms with Crippen LogP contribution in [0.3, 0.4) is 0 Å². The number of nitrogens with one attached hydrogen (secondary N) is 1. The number of aliphatic imine (C=N–C) groups is 1. The number of rotatable bonds is 6. The lowest BCUT2D eigenvalue weighted by molar-refractivity contribution is 1.08. The number of hydrogen-bond donors (Lipinski definition) is 1. The normalized spacial score (nSPS) is 14.8. The van der Waals surface area contributed by atoms with Crippen LogP contribution in [0.4, 0.5) is 17.1 Å². The third-order valence-corrected chi connectivity index (χ3v) is 6.65. The number of benzene rings is 4. The van der Waals surface area contributed by atoms with E-state index in [1.165, 1.54) is 5.56 Å². The van der Waals surface area contributed by atoms with E-state index in [1.54, 1.807) is 11.8 Å². The fraction of sp³-hybridized carbons (Fsp3) is 0.0667. The van der Waals surface area contributed by atoms with E-state index in [0.717, 1.165) is 44.0 Å². The van der Waals surface area contributed by atoms with Crippen LogP contribution in [-0.4, -0.2) is 17.8 Å². The summed E-state index contributed by atoms with van der Waals surface area (Å²) in [4.78, 5) is 5.09. The Morgan fingerprint density at radius 1 is 0.829 bits per heavy atom. The van der Waals surface area contributed by atoms with Crippen LogP contribution >= 0.6 is 11.8 Å². The predicted octanol–water partition coefficient (Wildman–Crippen LogP) is 7.61. The molecule has 1 aliphatic rings. The second kappa shape index (κ2) is 10.5. The van der Waals surface area contributed by atoms with Gasteiger partial charge < -0.3 is 5.32 Å². The van der Waals surface area contributed by atoms with Gasteiger partial charge in [-0.25, -0.2) is 10.0 Å². The van der Waals surface area contributed by atoms with Gasteiger partial charge in [-0.05, 0) is 49.0 Å². The van der Waals surface area contributed by atoms with Crippen LogP contribution in [-0.2, 0) is 0 Å². The molecule has 5 rings (SSSR count). The molecule has 0 saturated heterocycles. The monoisotopic (exact) mass is 474 g/mol. The number of hydrazone groups is 1. The zero-order valence-electron chi connectivity index (χ0n) is 19.7. The fourth-order valence-corrected chi connectivity index (χ4v) is 4.76. The lowest BCUT2D eigenvalue weighted by Gasteiger charge is -2.16. The molecule has 0 saturated carbocycles. The molecule has 0 aromatic heterocycles. The van der Waals surface area contributed by atoms with Crippen molar-refractivity contribution in [3.8, 4) is 0 Å². The van der Waals surface area contributed by atoms with E-state index < -0.39 is 0 Å². The molecular weight excluding hydrogens is 448 g/mol. The van der Waals surface area contributed by atoms with E-state index in [-0.39, 0.29) is 0 Å². The third kappa shape index (κ3) is 5.20. The molecule has 0 unspecified atom stereocenters. The smallest absolute Gasteiger partial charge is 0.131 e. The second-order valence-electron chi connectivity index (χ2n) is 8.13. The van der Waals surface area contributed by atoms with Crippen molar-refractivity contribution in [1.29, 1.82) is 0 Å². The molecule has 0 atom stereocenters. The van der Waals surface area contributed by atoms with Crippen LogP contribution in [0.2, 0.25) is 0 Å². The molecule has 4 aromatic carbocycles. The first kappa shape index (κ1) is 22.7. The van der Waals surface area contributed by atoms with Gasteiger partial charge in [0.2, 0.25) is 0 Å². The van der Waals surface area contributed by atoms with Crippen LogP contribution < -0.4 is 10.3 Å². The molecule has 0 fully saturated rings. The molecule has 0 bridgehead atoms. The minimum Gasteiger partial charge on any atom is -0.386 e. The topological polar surface area (TPSA) is 40.0 Å². The molecule has 1 heterocycles. The zero-order chi connectivity index (χ0) is 24.0. The zero-order valence-corrected chi connectivity index (χ0v) is 20.5. The van der Waals surface area contributed by atoms with Gasteiger partial charge in [0.05, 0.1) is 22.8 Å². The van der Waals surface area contributed by atoms with Crippen LogP contribution in [0, 0.1) is 6.92 Å². The van der Waals surface area contributed by atoms with Crippen LogP contribution in [0.1, 0.15) is 16.7 Å². The van der Waals surface area contributed by atoms with Gasteiger partial charge in [0, 0.05) is 18.2 Å². The molecule has 0 radical (unpaired) electrons. The largest absolute Gasteiger partial charge is 0.386 e. The Kier molecular flexibility index (Phi) is 6.77. The van der Waals surface area contributed by atoms with Crippen molar-refractivity contribution in [2.24, 2.45) is 10.1 Å². The number of anilines is 2. The maximum Gasteiger partial charge on any atom is 0.131 e. The van der Waals surface area contributed by atoms with E-state index in [4.69, 9.17) is 10.1 Å². The van der Waals surface area contributed by atoms with Gasteiger partial charge in [0.25, 0.3) is 0 Å². The molecule has 0 amide bonds. The van der Waals surface area contributed by atoms with E-state index in [0.29, 0.717) is 0 Å². The van der Waals surface area contributed by atoms with Crippen molar-refractivity contribution < 1.29 is 0 Å². The van der Waals surface area contributed by atoms with Crippen LogP contribution in [0.5, 0.6) is 0 Å². The summed E-state index contributed by atoms with van der Waals surface area (Å²) >= 11 is 1.66. The molecule has 172 valence electrons. The first-order valence-electron chi connectivity index (χ1n) is 11.5. The summed E-state index contributed by atoms with van der Waals surface area (Å²) in [5.74, 6) is 0. The van der Waals surface area contributed by atoms with Gasteiger partial charge in [0.15, 0.2) is 0 Å². The Morgan fingerprint density at radius 3 is 2.20 bits per heavy atom. The first-order valence-corrected chi connectivity index (χ1v) is 12.3. The van der Waals surface area contributed by atoms with E-state index in [2.05, 4.69) is 66.8 Å². The standard InChI is InChI=1S/C30H26N4S/c1-22-17-19-24(20-18-22)30-33-34(25-13-7-4-8-14-25)29(35-30)21-28(23-11-5-3-6-12-23)32-27-16-10-9-15-26(27)31-2/h3-21,31H,1-2H3. The summed E-state index contributed by atoms with van der Waals surface area (Å²) in [6, 6.07) is 37.1. The molecule has 1 aliphatic heterocycles. The minimum atomic E-state index is 0.872. The average Bonchev–Trinajstić information content (AvgIpc) is 3.34. The fourth-order valence-electron chi connectivity index (χ4n) is 3.78. The van der Waals surface area contributed by atoms with E-state index in [1.807, 2.05) is 72.7 Å². The summed E-state index contributed by atoms with van der Waals surface area (Å²) < 4.78 is 0. The molecule has 4 nitrogen and oxygen atoms in total. The number of allylic oxidation sites excluding steroid dienone is 1. The summed E-state index contributed by atoms with van der Waals surface area (Å²) in [7, 11) is 1.92. The molecule has 4 aromatic rings. The van der Waals surface area contributed by atoms with Crippen LogP contribution in [0.15, 0.2) is 130 Å². The highest BCUT2D eigenvalue weighted by Crippen LogP contribution is 2.37. The van der Waals surface area contributed by atoms with Gasteiger partial charge in [0.1, 0.15) is 10.1 Å². The summed E-state index contributed by atoms with van der Waals surface area (Å²) in [5.41, 5.74) is 7.13. The Hall–Kier alpha value is -4.09. The Labute approximate surface area is 210 Å². The van der Waals surface area contributed by atoms with Gasteiger partial charge >= 0.3 is 0 Å². The maximum absolute atomic E-state index is 5.09. The SMILES string of the molecule is CNc1ccccc1N=C(C=C1SC(c2ccc(C)cc2)=NN1c1ccccc1)c1ccccc1. The van der Waals surface area contributed by atoms with Gasteiger partial charge in [-0.1, -0.05) is 90.5 Å². The number of thioether (sulfide) groups is 1. The lowest BCUT2D eigenvalue weighted by Crippen LogP contribution is -2.11. The molecule has 0 aliphatic carbocycles. The van der Waals surface area contributed by atoms with Gasteiger partial charge in [-0.15, -0.1) is 0 Å². The number of nitrogens with zero attached hydrogens (tertiary/aromatic N) is 3. The van der Waals surface area contributed by atoms with Crippen molar-refractivity contribution in [3.63, 3.8) is 0 Å². The highest BCUT2D eigenvalue weighted by molar-refractivity contribution is 8.18. The van der Waals surface area contributed by atoms with E-state index in [9.17, 15) is 0 Å². The van der Waals surface area contributed by atoms with Crippen molar-refractivity contribution in [2.45, 2.75) is 6.92 Å². The van der Waals surface area contributed by atoms with Gasteiger partial charge in [-0.2, -0.15) is 5.10 Å². The predicted molar refractivity (Wildman–Crippen MR) is 151 cm³/mol.